The van der Waals surface area contributed by atoms with Gasteiger partial charge in [-0.3, -0.25) is 0 Å². The van der Waals surface area contributed by atoms with Crippen LogP contribution in [0.5, 0.6) is 0 Å². The standard InChI is InChI=1S/C30H30NSSi.C14H16GeN.Ir/c1-20(2)17-21-15-16-31-28(18-21)27-8-6-7-26-25-14-11-23(19-29(25)32-30(26)27)22-9-12-24(13-10-22)33(3,4)5;1-15(2,3)13-9-10-14(16-11-13)12-7-5-4-6-8-12;/h6-7,9-16,18-20H,17H2,1-5H3;4-7,9-11H,1-3H3;/q2*-1;/i17D2;;. The van der Waals surface area contributed by atoms with E-state index >= 15 is 0 Å². The minimum absolute atomic E-state index is 0. The minimum atomic E-state index is -1.72. The van der Waals surface area contributed by atoms with Gasteiger partial charge in [-0.15, -0.1) is 23.8 Å². The second-order valence-electron chi connectivity index (χ2n) is 14.9. The molecule has 0 unspecified atom stereocenters. The molecular formula is C44H46GeIrN2SSi-2. The van der Waals surface area contributed by atoms with Crippen molar-refractivity contribution in [2.45, 2.75) is 57.1 Å². The predicted molar refractivity (Wildman–Crippen MR) is 220 cm³/mol. The Bertz CT molecular complexity index is 2280. The van der Waals surface area contributed by atoms with Crippen LogP contribution in [0, 0.1) is 18.1 Å². The normalized spacial score (nSPS) is 12.6. The van der Waals surface area contributed by atoms with E-state index in [4.69, 9.17) is 2.74 Å². The van der Waals surface area contributed by atoms with E-state index < -0.39 is 27.7 Å². The molecule has 0 aliphatic heterocycles. The molecule has 0 saturated carbocycles. The number of hydrogen-bond acceptors (Lipinski definition) is 3. The molecule has 0 amide bonds. The number of pyridine rings is 2. The van der Waals surface area contributed by atoms with E-state index in [1.54, 1.807) is 23.6 Å². The molecule has 0 aliphatic rings. The zero-order valence-electron chi connectivity index (χ0n) is 32.2. The van der Waals surface area contributed by atoms with Gasteiger partial charge >= 0.3 is 99.8 Å². The average Bonchev–Trinajstić information content (AvgIpc) is 3.50. The van der Waals surface area contributed by atoms with Gasteiger partial charge in [0.15, 0.2) is 0 Å². The van der Waals surface area contributed by atoms with Crippen LogP contribution in [0.3, 0.4) is 0 Å². The molecule has 4 aromatic carbocycles. The van der Waals surface area contributed by atoms with Crippen LogP contribution < -0.4 is 9.58 Å². The number of aromatic nitrogens is 2. The Labute approximate surface area is 323 Å². The van der Waals surface area contributed by atoms with Crippen molar-refractivity contribution in [2.75, 3.05) is 0 Å². The topological polar surface area (TPSA) is 25.8 Å². The number of fused-ring (bicyclic) bond motifs is 3. The average molecular weight is 930 g/mol. The molecule has 7 aromatic rings. The maximum Gasteiger partial charge on any atom is 0 e. The Morgan fingerprint density at radius 2 is 1.54 bits per heavy atom. The van der Waals surface area contributed by atoms with Gasteiger partial charge in [0.25, 0.3) is 0 Å². The van der Waals surface area contributed by atoms with E-state index in [0.29, 0.717) is 5.56 Å². The zero-order chi connectivity index (χ0) is 36.6. The first-order chi connectivity index (χ1) is 24.1. The van der Waals surface area contributed by atoms with Crippen molar-refractivity contribution in [1.29, 1.82) is 0 Å². The van der Waals surface area contributed by atoms with Crippen LogP contribution in [0.1, 0.15) is 22.2 Å². The van der Waals surface area contributed by atoms with Crippen molar-refractivity contribution in [3.8, 4) is 33.6 Å². The Kier molecular flexibility index (Phi) is 11.3. The maximum atomic E-state index is 8.52. The summed E-state index contributed by atoms with van der Waals surface area (Å²) in [5.41, 5.74) is 6.90. The summed E-state index contributed by atoms with van der Waals surface area (Å²) in [5, 5.41) is 3.90. The van der Waals surface area contributed by atoms with Crippen LogP contribution in [-0.2, 0) is 26.5 Å². The summed E-state index contributed by atoms with van der Waals surface area (Å²) in [5.74, 6) is 7.02. The molecule has 0 atom stereocenters. The molecule has 2 nitrogen and oxygen atoms in total. The van der Waals surface area contributed by atoms with Crippen LogP contribution >= 0.6 is 11.3 Å². The Hall–Kier alpha value is -3.19. The summed E-state index contributed by atoms with van der Waals surface area (Å²) >= 11 is 0.0450. The van der Waals surface area contributed by atoms with Gasteiger partial charge in [0.2, 0.25) is 0 Å². The van der Waals surface area contributed by atoms with E-state index in [1.165, 1.54) is 36.2 Å². The quantitative estimate of drug-likeness (QED) is 0.118. The van der Waals surface area contributed by atoms with E-state index in [0.717, 1.165) is 27.2 Å². The predicted octanol–water partition coefficient (Wildman–Crippen LogP) is 11.4. The fraction of sp³-hybridized carbons (Fsp3) is 0.227. The monoisotopic (exact) mass is 931 g/mol. The van der Waals surface area contributed by atoms with Gasteiger partial charge in [0.1, 0.15) is 0 Å². The zero-order valence-corrected chi connectivity index (χ0v) is 36.5. The van der Waals surface area contributed by atoms with Gasteiger partial charge in [-0.05, 0) is 51.3 Å². The third-order valence-electron chi connectivity index (χ3n) is 8.60. The third-order valence-corrected chi connectivity index (χ3v) is 16.1. The molecule has 0 spiro atoms. The van der Waals surface area contributed by atoms with Gasteiger partial charge < -0.3 is 4.98 Å². The molecule has 0 fully saturated rings. The number of benzene rings is 4. The van der Waals surface area contributed by atoms with Gasteiger partial charge in [-0.2, -0.15) is 11.3 Å². The number of thiophene rings is 1. The second kappa shape index (κ2) is 16.0. The van der Waals surface area contributed by atoms with Crippen molar-refractivity contribution < 1.29 is 22.8 Å². The van der Waals surface area contributed by atoms with Gasteiger partial charge in [0, 0.05) is 33.7 Å². The molecule has 0 N–H and O–H groups in total. The van der Waals surface area contributed by atoms with Gasteiger partial charge in [-0.1, -0.05) is 92.1 Å². The number of nitrogens with zero attached hydrogens (tertiary/aromatic N) is 2. The molecule has 257 valence electrons. The van der Waals surface area contributed by atoms with Gasteiger partial charge in [-0.25, -0.2) is 0 Å². The molecule has 6 heteroatoms. The molecule has 0 bridgehead atoms. The SMILES string of the molecule is [2H]C([2H])(c1ccnc(-c2[c-]ccc3c2sc2cc(-c4ccc([Si](C)(C)C)cc4)ccc23)c1)C(C)C.[CH3][Ge]([CH3])([CH3])[c]1ccc(-c2[c-]cccc2)nc1.[Ir]. The first-order valence-corrected chi connectivity index (χ1v) is 28.7. The Morgan fingerprint density at radius 3 is 2.18 bits per heavy atom. The van der Waals surface area contributed by atoms with E-state index in [1.807, 2.05) is 56.4 Å². The van der Waals surface area contributed by atoms with Crippen molar-refractivity contribution in [1.82, 2.24) is 9.97 Å². The molecule has 3 heterocycles. The van der Waals surface area contributed by atoms with E-state index in [-0.39, 0.29) is 26.0 Å². The Morgan fingerprint density at radius 1 is 0.780 bits per heavy atom. The van der Waals surface area contributed by atoms with Crippen molar-refractivity contribution in [3.05, 3.63) is 133 Å². The second-order valence-corrected chi connectivity index (χ2v) is 31.7. The molecular weight excluding hydrogens is 881 g/mol. The minimum Gasteiger partial charge on any atom is 0 e. The Balaban J connectivity index is 0.000000258. The summed E-state index contributed by atoms with van der Waals surface area (Å²) < 4.78 is 20.9. The fourth-order valence-electron chi connectivity index (χ4n) is 5.81. The molecule has 3 aromatic heterocycles. The van der Waals surface area contributed by atoms with E-state index in [2.05, 4.69) is 120 Å². The van der Waals surface area contributed by atoms with Crippen molar-refractivity contribution in [2.24, 2.45) is 5.92 Å². The maximum absolute atomic E-state index is 8.52. The molecule has 1 radical (unpaired) electrons. The summed E-state index contributed by atoms with van der Waals surface area (Å²) in [7, 11) is -1.31. The van der Waals surface area contributed by atoms with E-state index in [9.17, 15) is 0 Å². The van der Waals surface area contributed by atoms with Crippen LogP contribution in [0.4, 0.5) is 0 Å². The fourth-order valence-corrected chi connectivity index (χ4v) is 10.4. The number of rotatable bonds is 7. The smallest absolute Gasteiger partial charge is 0 e. The van der Waals surface area contributed by atoms with Crippen molar-refractivity contribution in [3.63, 3.8) is 0 Å². The molecule has 50 heavy (non-hydrogen) atoms. The molecule has 7 rings (SSSR count). The summed E-state index contributed by atoms with van der Waals surface area (Å²) in [6, 6.07) is 42.4. The molecule has 0 saturated heterocycles. The van der Waals surface area contributed by atoms with Crippen LogP contribution in [0.25, 0.3) is 53.8 Å². The first-order valence-electron chi connectivity index (χ1n) is 18.0. The van der Waals surface area contributed by atoms with Gasteiger partial charge in [0.05, 0.1) is 8.07 Å². The molecule has 0 aliphatic carbocycles. The van der Waals surface area contributed by atoms with Crippen molar-refractivity contribution >= 4 is 62.4 Å². The third kappa shape index (κ3) is 8.99. The first kappa shape index (κ1) is 35.2. The van der Waals surface area contributed by atoms with Crippen LogP contribution in [-0.4, -0.2) is 31.3 Å². The number of hydrogen-bond donors (Lipinski definition) is 0. The van der Waals surface area contributed by atoms with Crippen LogP contribution in [0.2, 0.25) is 36.9 Å². The summed E-state index contributed by atoms with van der Waals surface area (Å²) in [4.78, 5) is 9.14. The largest absolute Gasteiger partial charge is 0 e. The van der Waals surface area contributed by atoms with Crippen LogP contribution in [0.15, 0.2) is 116 Å². The summed E-state index contributed by atoms with van der Waals surface area (Å²) in [6.07, 6.45) is 2.34. The summed E-state index contributed by atoms with van der Waals surface area (Å²) in [6.45, 7) is 11.0.